The number of carbonyl (C=O) groups excluding carboxylic acids is 1. The van der Waals surface area contributed by atoms with Gasteiger partial charge in [0, 0.05) is 44.3 Å². The van der Waals surface area contributed by atoms with Gasteiger partial charge in [-0.1, -0.05) is 31.4 Å². The Balaban J connectivity index is 1.27. The summed E-state index contributed by atoms with van der Waals surface area (Å²) in [5.74, 6) is -0.203. The molecule has 2 N–H and O–H groups in total. The lowest BCUT2D eigenvalue weighted by Gasteiger charge is -2.31. The van der Waals surface area contributed by atoms with Crippen molar-refractivity contribution in [2.75, 3.05) is 38.5 Å². The minimum atomic E-state index is -3.55. The Labute approximate surface area is 220 Å². The predicted molar refractivity (Wildman–Crippen MR) is 143 cm³/mol. The van der Waals surface area contributed by atoms with E-state index in [2.05, 4.69) is 14.9 Å². The molecule has 9 nitrogen and oxygen atoms in total. The van der Waals surface area contributed by atoms with Gasteiger partial charge < -0.3 is 10.2 Å². The van der Waals surface area contributed by atoms with Crippen molar-refractivity contribution in [2.45, 2.75) is 60.8 Å². The predicted octanol–water partition coefficient (Wildman–Crippen LogP) is 2.81. The summed E-state index contributed by atoms with van der Waals surface area (Å²) in [5, 5.41) is 2.80. The molecule has 1 amide bonds. The SMILES string of the molecule is CN1CCN(S(=O)(=O)c2ccc(NC(=O)CCc3ccc(S(=O)(=O)NC4CCCCC4)cc3)cc2)CC1. The molecule has 1 heterocycles. The highest BCUT2D eigenvalue weighted by atomic mass is 32.2. The van der Waals surface area contributed by atoms with E-state index < -0.39 is 20.0 Å². The molecule has 2 aromatic rings. The first-order valence-corrected chi connectivity index (χ1v) is 15.8. The second-order valence-electron chi connectivity index (χ2n) is 9.88. The van der Waals surface area contributed by atoms with Gasteiger partial charge >= 0.3 is 0 Å². The molecule has 0 bridgehead atoms. The Morgan fingerprint density at radius 1 is 0.838 bits per heavy atom. The monoisotopic (exact) mass is 548 g/mol. The number of nitrogens with zero attached hydrogens (tertiary/aromatic N) is 2. The van der Waals surface area contributed by atoms with E-state index in [0.29, 0.717) is 38.3 Å². The van der Waals surface area contributed by atoms with Gasteiger partial charge in [0.2, 0.25) is 26.0 Å². The average Bonchev–Trinajstić information content (AvgIpc) is 2.89. The van der Waals surface area contributed by atoms with Crippen LogP contribution in [-0.2, 0) is 31.3 Å². The van der Waals surface area contributed by atoms with Crippen LogP contribution in [0.4, 0.5) is 5.69 Å². The minimum absolute atomic E-state index is 0.00285. The number of sulfonamides is 2. The van der Waals surface area contributed by atoms with E-state index in [4.69, 9.17) is 0 Å². The first kappa shape index (κ1) is 27.7. The van der Waals surface area contributed by atoms with E-state index in [1.54, 1.807) is 36.4 Å². The number of likely N-dealkylation sites (N-methyl/N-ethyl adjacent to an activating group) is 1. The Bertz CT molecular complexity index is 1270. The first-order valence-electron chi connectivity index (χ1n) is 12.8. The van der Waals surface area contributed by atoms with Crippen molar-refractivity contribution in [1.82, 2.24) is 13.9 Å². The van der Waals surface area contributed by atoms with Crippen LogP contribution in [0.15, 0.2) is 58.3 Å². The number of hydrogen-bond acceptors (Lipinski definition) is 6. The van der Waals surface area contributed by atoms with Gasteiger partial charge in [0.1, 0.15) is 0 Å². The molecule has 2 aromatic carbocycles. The summed E-state index contributed by atoms with van der Waals surface area (Å²) in [7, 11) is -5.13. The lowest BCUT2D eigenvalue weighted by atomic mass is 9.96. The van der Waals surface area contributed by atoms with Crippen molar-refractivity contribution in [1.29, 1.82) is 0 Å². The number of nitrogens with one attached hydrogen (secondary N) is 2. The molecule has 37 heavy (non-hydrogen) atoms. The standard InChI is InChI=1S/C26H36N4O5S2/c1-29-17-19-30(20-18-29)37(34,35)25-14-10-22(11-15-25)27-26(31)16-9-21-7-12-24(13-8-21)36(32,33)28-23-5-3-2-4-6-23/h7-8,10-15,23,28H,2-6,9,16-20H2,1H3,(H,27,31). The van der Waals surface area contributed by atoms with Gasteiger partial charge in [0.05, 0.1) is 9.79 Å². The van der Waals surface area contributed by atoms with Crippen molar-refractivity contribution < 1.29 is 21.6 Å². The van der Waals surface area contributed by atoms with Crippen LogP contribution < -0.4 is 10.0 Å². The number of hydrogen-bond donors (Lipinski definition) is 2. The molecule has 202 valence electrons. The van der Waals surface area contributed by atoms with Crippen molar-refractivity contribution in [2.24, 2.45) is 0 Å². The number of rotatable bonds is 9. The highest BCUT2D eigenvalue weighted by Gasteiger charge is 2.27. The molecule has 2 aliphatic rings. The first-order chi connectivity index (χ1) is 17.6. The molecule has 0 atom stereocenters. The summed E-state index contributed by atoms with van der Waals surface area (Å²) in [4.78, 5) is 15.0. The molecule has 1 saturated carbocycles. The Kier molecular flexibility index (Phi) is 9.02. The molecule has 0 unspecified atom stereocenters. The van der Waals surface area contributed by atoms with Crippen LogP contribution in [-0.4, -0.2) is 71.2 Å². The van der Waals surface area contributed by atoms with Gasteiger partial charge in [0.25, 0.3) is 0 Å². The Morgan fingerprint density at radius 3 is 2.05 bits per heavy atom. The van der Waals surface area contributed by atoms with Crippen molar-refractivity contribution >= 4 is 31.6 Å². The molecule has 1 saturated heterocycles. The summed E-state index contributed by atoms with van der Waals surface area (Å²) in [5.41, 5.74) is 1.39. The minimum Gasteiger partial charge on any atom is -0.326 e. The average molecular weight is 549 g/mol. The Morgan fingerprint density at radius 2 is 1.43 bits per heavy atom. The summed E-state index contributed by atoms with van der Waals surface area (Å²) in [6.45, 7) is 2.31. The van der Waals surface area contributed by atoms with Crippen LogP contribution in [0.2, 0.25) is 0 Å². The van der Waals surface area contributed by atoms with Gasteiger partial charge in [-0.05, 0) is 68.3 Å². The fourth-order valence-electron chi connectivity index (χ4n) is 4.71. The highest BCUT2D eigenvalue weighted by molar-refractivity contribution is 7.89. The zero-order valence-electron chi connectivity index (χ0n) is 21.2. The number of benzene rings is 2. The van der Waals surface area contributed by atoms with Gasteiger partial charge in [0.15, 0.2) is 0 Å². The number of carbonyl (C=O) groups is 1. The number of anilines is 1. The summed E-state index contributed by atoms with van der Waals surface area (Å²) in [6.07, 6.45) is 5.68. The maximum Gasteiger partial charge on any atom is 0.243 e. The molecule has 0 aromatic heterocycles. The molecule has 0 radical (unpaired) electrons. The van der Waals surface area contributed by atoms with Gasteiger partial charge in [-0.2, -0.15) is 4.31 Å². The number of piperazine rings is 1. The molecule has 1 aliphatic carbocycles. The second kappa shape index (κ2) is 12.0. The van der Waals surface area contributed by atoms with Crippen LogP contribution in [0.1, 0.15) is 44.1 Å². The number of aryl methyl sites for hydroxylation is 1. The van der Waals surface area contributed by atoms with Gasteiger partial charge in [-0.15, -0.1) is 0 Å². The van der Waals surface area contributed by atoms with Crippen LogP contribution in [0, 0.1) is 0 Å². The van der Waals surface area contributed by atoms with E-state index >= 15 is 0 Å². The van der Waals surface area contributed by atoms with Crippen molar-refractivity contribution in [3.05, 3.63) is 54.1 Å². The fraction of sp³-hybridized carbons (Fsp3) is 0.500. The summed E-state index contributed by atoms with van der Waals surface area (Å²) >= 11 is 0. The van der Waals surface area contributed by atoms with E-state index in [0.717, 1.165) is 37.7 Å². The van der Waals surface area contributed by atoms with Crippen LogP contribution >= 0.6 is 0 Å². The second-order valence-corrected chi connectivity index (χ2v) is 13.5. The van der Waals surface area contributed by atoms with Crippen LogP contribution in [0.3, 0.4) is 0 Å². The van der Waals surface area contributed by atoms with E-state index in [-0.39, 0.29) is 28.2 Å². The third-order valence-corrected chi connectivity index (χ3v) is 10.5. The van der Waals surface area contributed by atoms with E-state index in [1.165, 1.54) is 16.4 Å². The highest BCUT2D eigenvalue weighted by Crippen LogP contribution is 2.22. The summed E-state index contributed by atoms with van der Waals surface area (Å²) in [6, 6.07) is 12.9. The smallest absolute Gasteiger partial charge is 0.243 e. The van der Waals surface area contributed by atoms with Gasteiger partial charge in [-0.3, -0.25) is 4.79 Å². The molecular formula is C26H36N4O5S2. The molecule has 2 fully saturated rings. The van der Waals surface area contributed by atoms with E-state index in [9.17, 15) is 21.6 Å². The molecule has 1 aliphatic heterocycles. The molecule has 4 rings (SSSR count). The molecule has 11 heteroatoms. The topological polar surface area (TPSA) is 116 Å². The maximum atomic E-state index is 12.9. The third-order valence-electron chi connectivity index (χ3n) is 7.04. The fourth-order valence-corrected chi connectivity index (χ4v) is 7.44. The van der Waals surface area contributed by atoms with Crippen LogP contribution in [0.25, 0.3) is 0 Å². The zero-order chi connectivity index (χ0) is 26.5. The van der Waals surface area contributed by atoms with Crippen molar-refractivity contribution in [3.63, 3.8) is 0 Å². The summed E-state index contributed by atoms with van der Waals surface area (Å²) < 4.78 is 55.3. The molecular weight excluding hydrogens is 512 g/mol. The lowest BCUT2D eigenvalue weighted by molar-refractivity contribution is -0.116. The quantitative estimate of drug-likeness (QED) is 0.498. The largest absolute Gasteiger partial charge is 0.326 e. The normalized spacial score (nSPS) is 18.5. The molecule has 0 spiro atoms. The van der Waals surface area contributed by atoms with Gasteiger partial charge in [-0.25, -0.2) is 21.6 Å². The Hall–Kier alpha value is -2.31. The van der Waals surface area contributed by atoms with Crippen LogP contribution in [0.5, 0.6) is 0 Å². The van der Waals surface area contributed by atoms with Crippen molar-refractivity contribution in [3.8, 4) is 0 Å². The van der Waals surface area contributed by atoms with E-state index in [1.807, 2.05) is 7.05 Å². The third kappa shape index (κ3) is 7.38. The number of amides is 1. The maximum absolute atomic E-state index is 12.9. The lowest BCUT2D eigenvalue weighted by Crippen LogP contribution is -2.46. The zero-order valence-corrected chi connectivity index (χ0v) is 22.9.